The zero-order valence-electron chi connectivity index (χ0n) is 11.8. The van der Waals surface area contributed by atoms with E-state index >= 15 is 0 Å². The third-order valence-corrected chi connectivity index (χ3v) is 4.96. The summed E-state index contributed by atoms with van der Waals surface area (Å²) in [5, 5.41) is 0. The minimum atomic E-state index is -3.17. The average Bonchev–Trinajstić information content (AvgIpc) is 2.87. The molecule has 0 fully saturated rings. The number of fused-ring (bicyclic) bond motifs is 1. The molecule has 0 atom stereocenters. The normalized spacial score (nSPS) is 12.0. The van der Waals surface area contributed by atoms with Gasteiger partial charge in [-0.25, -0.2) is 18.1 Å². The van der Waals surface area contributed by atoms with Gasteiger partial charge in [-0.15, -0.1) is 11.6 Å². The molecule has 1 N–H and O–H groups in total. The van der Waals surface area contributed by atoms with Crippen molar-refractivity contribution in [1.82, 2.24) is 14.3 Å². The van der Waals surface area contributed by atoms with Gasteiger partial charge in [0.1, 0.15) is 0 Å². The second-order valence-electron chi connectivity index (χ2n) is 4.89. The Balaban J connectivity index is 1.77. The SMILES string of the molecule is O=S(=O)(CCCCCl)NCCCn1cnc2ccccc21. The minimum Gasteiger partial charge on any atom is -0.331 e. The Morgan fingerprint density at radius 1 is 1.19 bits per heavy atom. The van der Waals surface area contributed by atoms with Crippen LogP contribution in [0, 0.1) is 0 Å². The molecule has 0 aliphatic heterocycles. The monoisotopic (exact) mass is 329 g/mol. The first-order valence-electron chi connectivity index (χ1n) is 7.05. The Morgan fingerprint density at radius 2 is 2.00 bits per heavy atom. The van der Waals surface area contributed by atoms with Gasteiger partial charge in [0.05, 0.1) is 23.1 Å². The van der Waals surface area contributed by atoms with Crippen molar-refractivity contribution in [3.8, 4) is 0 Å². The Bertz CT molecular complexity index is 670. The molecule has 21 heavy (non-hydrogen) atoms. The molecule has 0 saturated heterocycles. The van der Waals surface area contributed by atoms with Crippen LogP contribution in [0.15, 0.2) is 30.6 Å². The topological polar surface area (TPSA) is 64.0 Å². The van der Waals surface area contributed by atoms with Crippen LogP contribution >= 0.6 is 11.6 Å². The fraction of sp³-hybridized carbons (Fsp3) is 0.500. The molecule has 5 nitrogen and oxygen atoms in total. The van der Waals surface area contributed by atoms with E-state index in [-0.39, 0.29) is 5.75 Å². The predicted octanol–water partition coefficient (Wildman–Crippen LogP) is 2.36. The third kappa shape index (κ3) is 4.98. The van der Waals surface area contributed by atoms with E-state index in [4.69, 9.17) is 11.6 Å². The van der Waals surface area contributed by atoms with Crippen molar-refractivity contribution >= 4 is 32.7 Å². The van der Waals surface area contributed by atoms with Gasteiger partial charge in [0.2, 0.25) is 10.0 Å². The summed E-state index contributed by atoms with van der Waals surface area (Å²) in [5.41, 5.74) is 2.03. The highest BCUT2D eigenvalue weighted by atomic mass is 35.5. The molecule has 2 aromatic rings. The standard InChI is InChI=1S/C14H20ClN3O2S/c15-8-3-4-11-21(19,20)17-9-5-10-18-12-16-13-6-1-2-7-14(13)18/h1-2,6-7,12,17H,3-5,8-11H2. The van der Waals surface area contributed by atoms with Crippen molar-refractivity contribution in [2.75, 3.05) is 18.2 Å². The summed E-state index contributed by atoms with van der Waals surface area (Å²) in [6.45, 7) is 1.18. The largest absolute Gasteiger partial charge is 0.331 e. The van der Waals surface area contributed by atoms with Gasteiger partial charge in [-0.3, -0.25) is 0 Å². The molecule has 0 unspecified atom stereocenters. The maximum Gasteiger partial charge on any atom is 0.211 e. The summed E-state index contributed by atoms with van der Waals surface area (Å²) in [6, 6.07) is 7.90. The first-order chi connectivity index (χ1) is 10.1. The number of alkyl halides is 1. The van der Waals surface area contributed by atoms with Crippen molar-refractivity contribution in [2.45, 2.75) is 25.8 Å². The number of unbranched alkanes of at least 4 members (excludes halogenated alkanes) is 1. The molecule has 0 aliphatic rings. The predicted molar refractivity (Wildman–Crippen MR) is 86.1 cm³/mol. The van der Waals surface area contributed by atoms with Crippen LogP contribution in [0.1, 0.15) is 19.3 Å². The van der Waals surface area contributed by atoms with Crippen LogP contribution in [-0.2, 0) is 16.6 Å². The van der Waals surface area contributed by atoms with E-state index in [2.05, 4.69) is 9.71 Å². The molecule has 1 heterocycles. The Hall–Kier alpha value is -1.11. The van der Waals surface area contributed by atoms with E-state index in [1.165, 1.54) is 0 Å². The van der Waals surface area contributed by atoms with Gasteiger partial charge >= 0.3 is 0 Å². The number of nitrogens with zero attached hydrogens (tertiary/aromatic N) is 2. The van der Waals surface area contributed by atoms with E-state index < -0.39 is 10.0 Å². The van der Waals surface area contributed by atoms with Gasteiger partial charge in [0, 0.05) is 19.0 Å². The van der Waals surface area contributed by atoms with Crippen LogP contribution in [0.3, 0.4) is 0 Å². The molecule has 2 rings (SSSR count). The molecule has 0 amide bonds. The molecule has 1 aromatic carbocycles. The second kappa shape index (κ2) is 7.77. The number of hydrogen-bond acceptors (Lipinski definition) is 3. The van der Waals surface area contributed by atoms with Gasteiger partial charge < -0.3 is 4.57 Å². The zero-order chi connectivity index (χ0) is 15.1. The summed E-state index contributed by atoms with van der Waals surface area (Å²) in [6.07, 6.45) is 3.85. The summed E-state index contributed by atoms with van der Waals surface area (Å²) >= 11 is 5.54. The summed E-state index contributed by atoms with van der Waals surface area (Å²) in [7, 11) is -3.17. The quantitative estimate of drug-likeness (QED) is 0.567. The van der Waals surface area contributed by atoms with Gasteiger partial charge in [0.25, 0.3) is 0 Å². The molecule has 0 spiro atoms. The molecule has 1 aromatic heterocycles. The molecule has 0 radical (unpaired) electrons. The van der Waals surface area contributed by atoms with Gasteiger partial charge in [-0.2, -0.15) is 0 Å². The van der Waals surface area contributed by atoms with E-state index in [9.17, 15) is 8.42 Å². The average molecular weight is 330 g/mol. The molecule has 7 heteroatoms. The first-order valence-corrected chi connectivity index (χ1v) is 9.24. The zero-order valence-corrected chi connectivity index (χ0v) is 13.4. The third-order valence-electron chi connectivity index (χ3n) is 3.22. The molecule has 0 saturated carbocycles. The van der Waals surface area contributed by atoms with Crippen molar-refractivity contribution in [2.24, 2.45) is 0 Å². The number of hydrogen-bond donors (Lipinski definition) is 1. The molecule has 0 bridgehead atoms. The number of rotatable bonds is 9. The van der Waals surface area contributed by atoms with Crippen LogP contribution in [0.4, 0.5) is 0 Å². The Kier molecular flexibility index (Phi) is 6.02. The van der Waals surface area contributed by atoms with Crippen LogP contribution in [0.2, 0.25) is 0 Å². The Morgan fingerprint density at radius 3 is 2.81 bits per heavy atom. The Labute approximate surface area is 130 Å². The highest BCUT2D eigenvalue weighted by molar-refractivity contribution is 7.89. The molecule has 116 valence electrons. The maximum absolute atomic E-state index is 11.7. The molecular weight excluding hydrogens is 310 g/mol. The van der Waals surface area contributed by atoms with Gasteiger partial charge in [0.15, 0.2) is 0 Å². The van der Waals surface area contributed by atoms with E-state index in [0.717, 1.165) is 30.4 Å². The number of para-hydroxylation sites is 2. The van der Waals surface area contributed by atoms with Crippen molar-refractivity contribution in [3.05, 3.63) is 30.6 Å². The summed E-state index contributed by atoms with van der Waals surface area (Å²) in [5.74, 6) is 0.650. The highest BCUT2D eigenvalue weighted by Gasteiger charge is 2.08. The minimum absolute atomic E-state index is 0.147. The smallest absolute Gasteiger partial charge is 0.211 e. The first kappa shape index (κ1) is 16.3. The lowest BCUT2D eigenvalue weighted by molar-refractivity contribution is 0.569. The van der Waals surface area contributed by atoms with E-state index in [1.54, 1.807) is 6.33 Å². The molecule has 0 aliphatic carbocycles. The number of aromatic nitrogens is 2. The lowest BCUT2D eigenvalue weighted by atomic mass is 10.3. The summed E-state index contributed by atoms with van der Waals surface area (Å²) < 4.78 is 28.1. The second-order valence-corrected chi connectivity index (χ2v) is 7.19. The van der Waals surface area contributed by atoms with Crippen LogP contribution in [-0.4, -0.2) is 36.1 Å². The van der Waals surface area contributed by atoms with E-state index in [0.29, 0.717) is 18.8 Å². The number of nitrogens with one attached hydrogen (secondary N) is 1. The number of benzene rings is 1. The number of halogens is 1. The number of sulfonamides is 1. The van der Waals surface area contributed by atoms with Crippen molar-refractivity contribution in [3.63, 3.8) is 0 Å². The van der Waals surface area contributed by atoms with Crippen LogP contribution in [0.5, 0.6) is 0 Å². The fourth-order valence-electron chi connectivity index (χ4n) is 2.12. The number of aryl methyl sites for hydroxylation is 1. The number of imidazole rings is 1. The fourth-order valence-corrected chi connectivity index (χ4v) is 3.50. The highest BCUT2D eigenvalue weighted by Crippen LogP contribution is 2.11. The lowest BCUT2D eigenvalue weighted by Gasteiger charge is -2.07. The van der Waals surface area contributed by atoms with Crippen molar-refractivity contribution in [1.29, 1.82) is 0 Å². The van der Waals surface area contributed by atoms with E-state index in [1.807, 2.05) is 28.8 Å². The molecular formula is C14H20ClN3O2S. The van der Waals surface area contributed by atoms with Crippen LogP contribution < -0.4 is 4.72 Å². The van der Waals surface area contributed by atoms with Gasteiger partial charge in [-0.05, 0) is 31.4 Å². The van der Waals surface area contributed by atoms with Crippen molar-refractivity contribution < 1.29 is 8.42 Å². The van der Waals surface area contributed by atoms with Crippen LogP contribution in [0.25, 0.3) is 11.0 Å². The summed E-state index contributed by atoms with van der Waals surface area (Å²) in [4.78, 5) is 4.31. The lowest BCUT2D eigenvalue weighted by Crippen LogP contribution is -2.28. The van der Waals surface area contributed by atoms with Gasteiger partial charge in [-0.1, -0.05) is 12.1 Å². The maximum atomic E-state index is 11.7.